The van der Waals surface area contributed by atoms with Crippen molar-refractivity contribution in [3.63, 3.8) is 0 Å². The second kappa shape index (κ2) is 6.20. The molecular weight excluding hydrogens is 258 g/mol. The van der Waals surface area contributed by atoms with Crippen LogP contribution in [0.1, 0.15) is 31.4 Å². The number of hydrogen-bond acceptors (Lipinski definition) is 5. The van der Waals surface area contributed by atoms with E-state index in [4.69, 9.17) is 9.72 Å². The fourth-order valence-electron chi connectivity index (χ4n) is 2.67. The Kier molecular flexibility index (Phi) is 4.35. The van der Waals surface area contributed by atoms with Crippen LogP contribution in [0.15, 0.2) is 5.38 Å². The lowest BCUT2D eigenvalue weighted by molar-refractivity contribution is 0.143. The largest absolute Gasteiger partial charge is 0.384 e. The van der Waals surface area contributed by atoms with Gasteiger partial charge in [-0.3, -0.25) is 0 Å². The molecule has 1 saturated heterocycles. The Morgan fingerprint density at radius 1 is 1.47 bits per heavy atom. The van der Waals surface area contributed by atoms with E-state index in [-0.39, 0.29) is 0 Å². The molecule has 1 saturated carbocycles. The van der Waals surface area contributed by atoms with Crippen molar-refractivity contribution in [2.75, 3.05) is 31.7 Å². The van der Waals surface area contributed by atoms with Crippen LogP contribution in [0.5, 0.6) is 0 Å². The van der Waals surface area contributed by atoms with Crippen molar-refractivity contribution in [2.45, 2.75) is 38.3 Å². The van der Waals surface area contributed by atoms with E-state index < -0.39 is 0 Å². The number of ether oxygens (including phenoxy) is 1. The van der Waals surface area contributed by atoms with Gasteiger partial charge in [0.05, 0.1) is 12.3 Å². The van der Waals surface area contributed by atoms with Gasteiger partial charge in [-0.2, -0.15) is 0 Å². The first-order valence-electron chi connectivity index (χ1n) is 7.27. The standard InChI is InChI=1S/C14H23N3OS/c1-18-9-11-3-2-6-17(8-11)14-16-13(10-19-14)7-15-12-4-5-12/h10-12,15H,2-9H2,1H3. The highest BCUT2D eigenvalue weighted by Crippen LogP contribution is 2.27. The normalized spacial score (nSPS) is 23.8. The van der Waals surface area contributed by atoms with Gasteiger partial charge >= 0.3 is 0 Å². The smallest absolute Gasteiger partial charge is 0.185 e. The molecule has 1 aromatic rings. The van der Waals surface area contributed by atoms with E-state index in [2.05, 4.69) is 15.6 Å². The van der Waals surface area contributed by atoms with Gasteiger partial charge in [0.25, 0.3) is 0 Å². The van der Waals surface area contributed by atoms with E-state index in [1.807, 2.05) is 0 Å². The lowest BCUT2D eigenvalue weighted by Crippen LogP contribution is -2.37. The molecule has 19 heavy (non-hydrogen) atoms. The van der Waals surface area contributed by atoms with E-state index in [0.717, 1.165) is 32.3 Å². The number of thiazole rings is 1. The number of aromatic nitrogens is 1. The molecule has 0 aromatic carbocycles. The summed E-state index contributed by atoms with van der Waals surface area (Å²) in [5.41, 5.74) is 1.20. The molecule has 0 amide bonds. The van der Waals surface area contributed by atoms with Gasteiger partial charge in [0.15, 0.2) is 5.13 Å². The first-order valence-corrected chi connectivity index (χ1v) is 8.15. The molecule has 2 aliphatic rings. The molecule has 3 rings (SSSR count). The minimum atomic E-state index is 0.663. The van der Waals surface area contributed by atoms with Crippen LogP contribution in [0.4, 0.5) is 5.13 Å². The van der Waals surface area contributed by atoms with Gasteiger partial charge in [0.2, 0.25) is 0 Å². The number of nitrogens with one attached hydrogen (secondary N) is 1. The zero-order valence-electron chi connectivity index (χ0n) is 11.6. The fraction of sp³-hybridized carbons (Fsp3) is 0.786. The first-order chi connectivity index (χ1) is 9.35. The van der Waals surface area contributed by atoms with Gasteiger partial charge in [-0.25, -0.2) is 4.98 Å². The van der Waals surface area contributed by atoms with Crippen LogP contribution in [0, 0.1) is 5.92 Å². The van der Waals surface area contributed by atoms with Crippen molar-refractivity contribution in [3.05, 3.63) is 11.1 Å². The predicted molar refractivity (Wildman–Crippen MR) is 78.8 cm³/mol. The molecule has 2 heterocycles. The SMILES string of the molecule is COCC1CCCN(c2nc(CNC3CC3)cs2)C1. The quantitative estimate of drug-likeness (QED) is 0.868. The third kappa shape index (κ3) is 3.68. The van der Waals surface area contributed by atoms with Gasteiger partial charge in [-0.1, -0.05) is 0 Å². The van der Waals surface area contributed by atoms with Crippen molar-refractivity contribution in [2.24, 2.45) is 5.92 Å². The molecule has 1 aliphatic heterocycles. The minimum absolute atomic E-state index is 0.663. The maximum absolute atomic E-state index is 5.29. The van der Waals surface area contributed by atoms with Gasteiger partial charge in [0.1, 0.15) is 0 Å². The summed E-state index contributed by atoms with van der Waals surface area (Å²) >= 11 is 1.78. The predicted octanol–water partition coefficient (Wildman–Crippen LogP) is 2.26. The van der Waals surface area contributed by atoms with Crippen LogP contribution in [-0.2, 0) is 11.3 Å². The summed E-state index contributed by atoms with van der Waals surface area (Å²) in [6, 6.07) is 0.756. The summed E-state index contributed by atoms with van der Waals surface area (Å²) in [5, 5.41) is 6.91. The average Bonchev–Trinajstić information content (AvgIpc) is 3.14. The van der Waals surface area contributed by atoms with Crippen LogP contribution < -0.4 is 10.2 Å². The lowest BCUT2D eigenvalue weighted by Gasteiger charge is -2.32. The monoisotopic (exact) mass is 281 g/mol. The third-order valence-electron chi connectivity index (χ3n) is 3.88. The van der Waals surface area contributed by atoms with E-state index in [1.54, 1.807) is 18.4 Å². The van der Waals surface area contributed by atoms with Crippen molar-refractivity contribution in [3.8, 4) is 0 Å². The van der Waals surface area contributed by atoms with Crippen LogP contribution in [0.25, 0.3) is 0 Å². The number of methoxy groups -OCH3 is 1. The van der Waals surface area contributed by atoms with Crippen molar-refractivity contribution >= 4 is 16.5 Å². The maximum Gasteiger partial charge on any atom is 0.185 e. The van der Waals surface area contributed by atoms with Gasteiger partial charge in [-0.05, 0) is 31.6 Å². The van der Waals surface area contributed by atoms with Crippen LogP contribution in [0.2, 0.25) is 0 Å². The molecular formula is C14H23N3OS. The van der Waals surface area contributed by atoms with Crippen LogP contribution >= 0.6 is 11.3 Å². The number of piperidine rings is 1. The molecule has 0 spiro atoms. The molecule has 5 heteroatoms. The highest BCUT2D eigenvalue weighted by Gasteiger charge is 2.23. The average molecular weight is 281 g/mol. The summed E-state index contributed by atoms with van der Waals surface area (Å²) in [7, 11) is 1.80. The molecule has 1 aromatic heterocycles. The molecule has 1 aliphatic carbocycles. The van der Waals surface area contributed by atoms with E-state index >= 15 is 0 Å². The number of anilines is 1. The molecule has 106 valence electrons. The van der Waals surface area contributed by atoms with Crippen molar-refractivity contribution in [1.82, 2.24) is 10.3 Å². The van der Waals surface area contributed by atoms with Crippen LogP contribution in [0.3, 0.4) is 0 Å². The summed E-state index contributed by atoms with van der Waals surface area (Å²) in [4.78, 5) is 7.20. The summed E-state index contributed by atoms with van der Waals surface area (Å²) in [5.74, 6) is 0.663. The number of hydrogen-bond donors (Lipinski definition) is 1. The molecule has 1 atom stereocenters. The van der Waals surface area contributed by atoms with Crippen LogP contribution in [-0.4, -0.2) is 37.8 Å². The topological polar surface area (TPSA) is 37.4 Å². The lowest BCUT2D eigenvalue weighted by atomic mass is 9.99. The molecule has 2 fully saturated rings. The maximum atomic E-state index is 5.29. The Balaban J connectivity index is 1.54. The Labute approximate surface area is 119 Å². The van der Waals surface area contributed by atoms with E-state index in [0.29, 0.717) is 5.92 Å². The fourth-order valence-corrected chi connectivity index (χ4v) is 3.53. The molecule has 1 unspecified atom stereocenters. The molecule has 1 N–H and O–H groups in total. The second-order valence-corrected chi connectivity index (χ2v) is 6.52. The zero-order valence-corrected chi connectivity index (χ0v) is 12.4. The number of rotatable bonds is 6. The van der Waals surface area contributed by atoms with E-state index in [1.165, 1.54) is 36.5 Å². The summed E-state index contributed by atoms with van der Waals surface area (Å²) in [6.07, 6.45) is 5.21. The third-order valence-corrected chi connectivity index (χ3v) is 4.83. The van der Waals surface area contributed by atoms with Gasteiger partial charge < -0.3 is 15.0 Å². The van der Waals surface area contributed by atoms with Crippen molar-refractivity contribution < 1.29 is 4.74 Å². The Hall–Kier alpha value is -0.650. The molecule has 4 nitrogen and oxygen atoms in total. The first kappa shape index (κ1) is 13.3. The Morgan fingerprint density at radius 2 is 2.37 bits per heavy atom. The van der Waals surface area contributed by atoms with Gasteiger partial charge in [0, 0.05) is 38.2 Å². The highest BCUT2D eigenvalue weighted by molar-refractivity contribution is 7.13. The van der Waals surface area contributed by atoms with Crippen molar-refractivity contribution in [1.29, 1.82) is 0 Å². The molecule has 0 bridgehead atoms. The summed E-state index contributed by atoms with van der Waals surface area (Å²) < 4.78 is 5.29. The van der Waals surface area contributed by atoms with E-state index in [9.17, 15) is 0 Å². The Morgan fingerprint density at radius 3 is 3.16 bits per heavy atom. The zero-order chi connectivity index (χ0) is 13.1. The second-order valence-electron chi connectivity index (χ2n) is 5.69. The molecule has 0 radical (unpaired) electrons. The Bertz CT molecular complexity index is 403. The number of nitrogens with zero attached hydrogens (tertiary/aromatic N) is 2. The highest BCUT2D eigenvalue weighted by atomic mass is 32.1. The minimum Gasteiger partial charge on any atom is -0.384 e. The van der Waals surface area contributed by atoms with Gasteiger partial charge in [-0.15, -0.1) is 11.3 Å². The summed E-state index contributed by atoms with van der Waals surface area (Å²) in [6.45, 7) is 4.04.